The van der Waals surface area contributed by atoms with Crippen LogP contribution in [0.25, 0.3) is 0 Å². The quantitative estimate of drug-likeness (QED) is 0.247. The van der Waals surface area contributed by atoms with Gasteiger partial charge in [0.2, 0.25) is 0 Å². The van der Waals surface area contributed by atoms with Crippen LogP contribution >= 0.6 is 35.3 Å². The first-order chi connectivity index (χ1) is 14.7. The molecule has 0 amide bonds. The number of hydrogen-bond acceptors (Lipinski definition) is 5. The molecule has 0 aliphatic carbocycles. The molecule has 1 saturated heterocycles. The number of aliphatic imine (C=N–C) groups is 1. The molecule has 1 fully saturated rings. The molecule has 0 saturated carbocycles. The lowest BCUT2D eigenvalue weighted by molar-refractivity contribution is 0.00111. The standard InChI is InChI=1S/C23H34N4O2S.HI/c1-3-24-23(26-20-11-13-27(14-12-20)22-10-7-15-30-22)25-16-21(28)17-29-18(2)19-8-5-4-6-9-19;/h4-10,15,18,20-21,28H,3,11-14,16-17H2,1-2H3,(H2,24,25,26);1H. The number of anilines is 1. The summed E-state index contributed by atoms with van der Waals surface area (Å²) in [5.74, 6) is 0.766. The first-order valence-electron chi connectivity index (χ1n) is 10.8. The summed E-state index contributed by atoms with van der Waals surface area (Å²) in [7, 11) is 0. The molecule has 3 rings (SSSR count). The van der Waals surface area contributed by atoms with E-state index >= 15 is 0 Å². The van der Waals surface area contributed by atoms with Crippen molar-refractivity contribution in [1.82, 2.24) is 10.6 Å². The van der Waals surface area contributed by atoms with E-state index < -0.39 is 6.10 Å². The minimum Gasteiger partial charge on any atom is -0.389 e. The maximum absolute atomic E-state index is 10.3. The molecule has 2 unspecified atom stereocenters. The van der Waals surface area contributed by atoms with E-state index in [2.05, 4.69) is 45.0 Å². The molecule has 172 valence electrons. The maximum Gasteiger partial charge on any atom is 0.191 e. The predicted molar refractivity (Wildman–Crippen MR) is 141 cm³/mol. The summed E-state index contributed by atoms with van der Waals surface area (Å²) < 4.78 is 5.81. The molecule has 0 spiro atoms. The minimum atomic E-state index is -0.632. The number of halogens is 1. The molecule has 6 nitrogen and oxygen atoms in total. The summed E-state index contributed by atoms with van der Waals surface area (Å²) >= 11 is 1.80. The van der Waals surface area contributed by atoms with Crippen LogP contribution in [0, 0.1) is 0 Å². The molecule has 1 aliphatic rings. The Bertz CT molecular complexity index is 752. The number of thiophene rings is 1. The zero-order valence-corrected chi connectivity index (χ0v) is 21.5. The van der Waals surface area contributed by atoms with Crippen molar-refractivity contribution in [1.29, 1.82) is 0 Å². The van der Waals surface area contributed by atoms with Gasteiger partial charge >= 0.3 is 0 Å². The topological polar surface area (TPSA) is 69.1 Å². The lowest BCUT2D eigenvalue weighted by Crippen LogP contribution is -2.49. The Morgan fingerprint density at radius 1 is 1.23 bits per heavy atom. The van der Waals surface area contributed by atoms with E-state index in [-0.39, 0.29) is 36.7 Å². The summed E-state index contributed by atoms with van der Waals surface area (Å²) in [6, 6.07) is 14.7. The zero-order chi connectivity index (χ0) is 21.2. The van der Waals surface area contributed by atoms with Gasteiger partial charge in [-0.05, 0) is 49.8 Å². The number of nitrogens with zero attached hydrogens (tertiary/aromatic N) is 2. The highest BCUT2D eigenvalue weighted by Gasteiger charge is 2.21. The van der Waals surface area contributed by atoms with E-state index in [0.29, 0.717) is 12.6 Å². The Labute approximate surface area is 207 Å². The van der Waals surface area contributed by atoms with E-state index in [9.17, 15) is 5.11 Å². The first-order valence-corrected chi connectivity index (χ1v) is 11.7. The highest BCUT2D eigenvalue weighted by atomic mass is 127. The molecule has 1 aliphatic heterocycles. The fraction of sp³-hybridized carbons (Fsp3) is 0.522. The summed E-state index contributed by atoms with van der Waals surface area (Å²) in [5.41, 5.74) is 1.11. The van der Waals surface area contributed by atoms with Gasteiger partial charge in [0.25, 0.3) is 0 Å². The Balaban J connectivity index is 0.00000341. The minimum absolute atomic E-state index is 0. The summed E-state index contributed by atoms with van der Waals surface area (Å²) in [6.07, 6.45) is 1.46. The average molecular weight is 559 g/mol. The van der Waals surface area contributed by atoms with Crippen molar-refractivity contribution in [3.63, 3.8) is 0 Å². The van der Waals surface area contributed by atoms with Crippen molar-refractivity contribution < 1.29 is 9.84 Å². The van der Waals surface area contributed by atoms with Gasteiger partial charge in [0, 0.05) is 25.7 Å². The van der Waals surface area contributed by atoms with Crippen LogP contribution in [0.5, 0.6) is 0 Å². The summed E-state index contributed by atoms with van der Waals surface area (Å²) in [5, 5.41) is 20.6. The van der Waals surface area contributed by atoms with E-state index in [1.54, 1.807) is 11.3 Å². The highest BCUT2D eigenvalue weighted by Crippen LogP contribution is 2.24. The Hall–Kier alpha value is -1.36. The van der Waals surface area contributed by atoms with Crippen molar-refractivity contribution in [2.24, 2.45) is 4.99 Å². The van der Waals surface area contributed by atoms with E-state index in [0.717, 1.165) is 44.0 Å². The van der Waals surface area contributed by atoms with Gasteiger partial charge in [-0.1, -0.05) is 30.3 Å². The molecular weight excluding hydrogens is 523 g/mol. The SMILES string of the molecule is CCNC(=NCC(O)COC(C)c1ccccc1)NC1CCN(c2cccs2)CC1.I. The third-order valence-electron chi connectivity index (χ3n) is 5.27. The van der Waals surface area contributed by atoms with Crippen molar-refractivity contribution >= 4 is 46.3 Å². The second-order valence-electron chi connectivity index (χ2n) is 7.62. The van der Waals surface area contributed by atoms with Gasteiger partial charge in [-0.2, -0.15) is 0 Å². The van der Waals surface area contributed by atoms with Crippen LogP contribution in [0.3, 0.4) is 0 Å². The largest absolute Gasteiger partial charge is 0.389 e. The average Bonchev–Trinajstić information content (AvgIpc) is 3.32. The van der Waals surface area contributed by atoms with Gasteiger partial charge in [0.05, 0.1) is 30.4 Å². The van der Waals surface area contributed by atoms with Crippen LogP contribution in [0.15, 0.2) is 52.8 Å². The molecule has 3 N–H and O–H groups in total. The van der Waals surface area contributed by atoms with Crippen LogP contribution in [-0.4, -0.2) is 56.0 Å². The molecule has 1 aromatic carbocycles. The van der Waals surface area contributed by atoms with Gasteiger partial charge in [0.1, 0.15) is 0 Å². The second-order valence-corrected chi connectivity index (χ2v) is 8.54. The third kappa shape index (κ3) is 8.59. The van der Waals surface area contributed by atoms with Gasteiger partial charge < -0.3 is 25.4 Å². The second kappa shape index (κ2) is 13.9. The maximum atomic E-state index is 10.3. The van der Waals surface area contributed by atoms with Crippen LogP contribution in [0.1, 0.15) is 38.4 Å². The van der Waals surface area contributed by atoms with Gasteiger partial charge in [0.15, 0.2) is 5.96 Å². The van der Waals surface area contributed by atoms with Gasteiger partial charge in [-0.15, -0.1) is 35.3 Å². The van der Waals surface area contributed by atoms with Crippen LogP contribution in [0.4, 0.5) is 5.00 Å². The molecule has 31 heavy (non-hydrogen) atoms. The molecule has 2 heterocycles. The molecule has 1 aromatic heterocycles. The summed E-state index contributed by atoms with van der Waals surface area (Å²) in [4.78, 5) is 7.03. The molecule has 0 bridgehead atoms. The van der Waals surface area contributed by atoms with E-state index in [4.69, 9.17) is 4.74 Å². The zero-order valence-electron chi connectivity index (χ0n) is 18.4. The highest BCUT2D eigenvalue weighted by molar-refractivity contribution is 14.0. The number of benzene rings is 1. The van der Waals surface area contributed by atoms with Crippen molar-refractivity contribution in [2.45, 2.75) is 44.9 Å². The fourth-order valence-corrected chi connectivity index (χ4v) is 4.32. The van der Waals surface area contributed by atoms with Crippen LogP contribution < -0.4 is 15.5 Å². The molecule has 8 heteroatoms. The number of aliphatic hydroxyl groups excluding tert-OH is 1. The Morgan fingerprint density at radius 2 is 1.97 bits per heavy atom. The first kappa shape index (κ1) is 25.9. The predicted octanol–water partition coefficient (Wildman–Crippen LogP) is 4.03. The number of rotatable bonds is 9. The van der Waals surface area contributed by atoms with Gasteiger partial charge in [-0.3, -0.25) is 4.99 Å². The normalized spacial score (nSPS) is 17.0. The number of piperidine rings is 1. The van der Waals surface area contributed by atoms with Crippen molar-refractivity contribution in [2.75, 3.05) is 37.7 Å². The monoisotopic (exact) mass is 558 g/mol. The van der Waals surface area contributed by atoms with Crippen molar-refractivity contribution in [3.8, 4) is 0 Å². The fourth-order valence-electron chi connectivity index (χ4n) is 3.53. The number of aliphatic hydroxyl groups is 1. The number of hydrogen-bond donors (Lipinski definition) is 3. The van der Waals surface area contributed by atoms with E-state index in [1.165, 1.54) is 5.00 Å². The van der Waals surface area contributed by atoms with E-state index in [1.807, 2.05) is 37.3 Å². The van der Waals surface area contributed by atoms with Crippen molar-refractivity contribution in [3.05, 3.63) is 53.4 Å². The smallest absolute Gasteiger partial charge is 0.191 e. The van der Waals surface area contributed by atoms with Crippen LogP contribution in [-0.2, 0) is 4.74 Å². The van der Waals surface area contributed by atoms with Crippen LogP contribution in [0.2, 0.25) is 0 Å². The molecule has 2 atom stereocenters. The molecule has 0 radical (unpaired) electrons. The number of ether oxygens (including phenoxy) is 1. The lowest BCUT2D eigenvalue weighted by Gasteiger charge is -2.33. The molecular formula is C23H35IN4O2S. The third-order valence-corrected chi connectivity index (χ3v) is 6.19. The molecule has 2 aromatic rings. The summed E-state index contributed by atoms with van der Waals surface area (Å²) in [6.45, 7) is 7.51. The number of guanidine groups is 1. The van der Waals surface area contributed by atoms with Gasteiger partial charge in [-0.25, -0.2) is 0 Å². The lowest BCUT2D eigenvalue weighted by atomic mass is 10.1. The Kier molecular flexibility index (Phi) is 11.6. The Morgan fingerprint density at radius 3 is 2.61 bits per heavy atom. The number of nitrogens with one attached hydrogen (secondary N) is 2.